The van der Waals surface area contributed by atoms with Crippen LogP contribution in [0.5, 0.6) is 0 Å². The zero-order chi connectivity index (χ0) is 12.0. The number of aliphatic hydroxyl groups is 2. The molecule has 0 radical (unpaired) electrons. The van der Waals surface area contributed by atoms with Gasteiger partial charge < -0.3 is 10.2 Å². The number of hydrogen-bond acceptors (Lipinski definition) is 2. The van der Waals surface area contributed by atoms with Gasteiger partial charge in [-0.2, -0.15) is 0 Å². The average molecular weight is 210 g/mol. The van der Waals surface area contributed by atoms with Crippen LogP contribution in [0.15, 0.2) is 35.1 Å². The molecule has 0 unspecified atom stereocenters. The predicted octanol–water partition coefficient (Wildman–Crippen LogP) is 3.36. The molecule has 0 bridgehead atoms. The van der Waals surface area contributed by atoms with Gasteiger partial charge >= 0.3 is 0 Å². The van der Waals surface area contributed by atoms with Gasteiger partial charge in [0, 0.05) is 5.57 Å². The summed E-state index contributed by atoms with van der Waals surface area (Å²) in [4.78, 5) is 0. The first-order valence-electron chi connectivity index (χ1n) is 5.26. The molecule has 2 nitrogen and oxygen atoms in total. The molecule has 15 heavy (non-hydrogen) atoms. The lowest BCUT2D eigenvalue weighted by Crippen LogP contribution is -2.03. The number of allylic oxidation sites excluding steroid dienone is 3. The van der Waals surface area contributed by atoms with Gasteiger partial charge in [0.25, 0.3) is 0 Å². The molecule has 0 aromatic carbocycles. The van der Waals surface area contributed by atoms with Crippen molar-refractivity contribution in [2.24, 2.45) is 5.92 Å². The minimum atomic E-state index is -0.148. The second-order valence-electron chi connectivity index (χ2n) is 4.31. The Hall–Kier alpha value is -1.02. The van der Waals surface area contributed by atoms with E-state index in [-0.39, 0.29) is 12.4 Å². The molecule has 0 rings (SSSR count). The Morgan fingerprint density at radius 3 is 2.13 bits per heavy atom. The average Bonchev–Trinajstić information content (AvgIpc) is 2.16. The maximum absolute atomic E-state index is 9.81. The van der Waals surface area contributed by atoms with Crippen molar-refractivity contribution in [2.45, 2.75) is 34.1 Å². The minimum absolute atomic E-state index is 0.148. The van der Waals surface area contributed by atoms with Crippen molar-refractivity contribution in [1.29, 1.82) is 0 Å². The Bertz CT molecular complexity index is 279. The molecule has 2 heteroatoms. The lowest BCUT2D eigenvalue weighted by molar-refractivity contribution is 0.310. The van der Waals surface area contributed by atoms with Crippen molar-refractivity contribution in [2.75, 3.05) is 6.61 Å². The standard InChI is InChI=1S/C13H22O2/c1-6-11(7-9(2)3)12(8-14)13(15)10(4)5/h6,9,14-15H,1,7-8H2,2-5H3/b12-11+. The van der Waals surface area contributed by atoms with Crippen molar-refractivity contribution in [3.8, 4) is 0 Å². The first kappa shape index (κ1) is 14.0. The van der Waals surface area contributed by atoms with Crippen LogP contribution < -0.4 is 0 Å². The van der Waals surface area contributed by atoms with E-state index in [2.05, 4.69) is 20.4 Å². The second kappa shape index (κ2) is 6.46. The normalized spacial score (nSPS) is 12.4. The Morgan fingerprint density at radius 1 is 1.33 bits per heavy atom. The highest BCUT2D eigenvalue weighted by atomic mass is 16.3. The Morgan fingerprint density at radius 2 is 1.87 bits per heavy atom. The quantitative estimate of drug-likeness (QED) is 0.539. The molecule has 0 amide bonds. The molecule has 0 aliphatic heterocycles. The van der Waals surface area contributed by atoms with Gasteiger partial charge in [-0.25, -0.2) is 0 Å². The highest BCUT2D eigenvalue weighted by molar-refractivity contribution is 5.38. The molecule has 0 fully saturated rings. The van der Waals surface area contributed by atoms with Crippen molar-refractivity contribution in [3.63, 3.8) is 0 Å². The van der Waals surface area contributed by atoms with E-state index < -0.39 is 0 Å². The fourth-order valence-electron chi connectivity index (χ4n) is 1.40. The third kappa shape index (κ3) is 4.34. The monoisotopic (exact) mass is 210 g/mol. The zero-order valence-electron chi connectivity index (χ0n) is 10.2. The third-order valence-electron chi connectivity index (χ3n) is 2.18. The van der Waals surface area contributed by atoms with Gasteiger partial charge in [-0.3, -0.25) is 0 Å². The van der Waals surface area contributed by atoms with Gasteiger partial charge in [0.05, 0.1) is 6.61 Å². The second-order valence-corrected chi connectivity index (χ2v) is 4.31. The lowest BCUT2D eigenvalue weighted by atomic mass is 9.96. The molecule has 0 atom stereocenters. The summed E-state index contributed by atoms with van der Waals surface area (Å²) in [6.45, 7) is 11.4. The van der Waals surface area contributed by atoms with Crippen LogP contribution in [0.1, 0.15) is 34.1 Å². The van der Waals surface area contributed by atoms with Crippen LogP contribution in [0.25, 0.3) is 0 Å². The summed E-state index contributed by atoms with van der Waals surface area (Å²) in [5.74, 6) is 0.664. The van der Waals surface area contributed by atoms with Crippen molar-refractivity contribution in [1.82, 2.24) is 0 Å². The number of rotatable bonds is 5. The smallest absolute Gasteiger partial charge is 0.119 e. The van der Waals surface area contributed by atoms with Gasteiger partial charge in [-0.15, -0.1) is 0 Å². The van der Waals surface area contributed by atoms with E-state index in [1.165, 1.54) is 0 Å². The van der Waals surface area contributed by atoms with Gasteiger partial charge in [0.1, 0.15) is 5.76 Å². The molecule has 0 aliphatic rings. The predicted molar refractivity (Wildman–Crippen MR) is 64.8 cm³/mol. The number of aliphatic hydroxyl groups excluding tert-OH is 2. The van der Waals surface area contributed by atoms with Crippen LogP contribution in [0.2, 0.25) is 0 Å². The fraction of sp³-hybridized carbons (Fsp3) is 0.538. The van der Waals surface area contributed by atoms with Gasteiger partial charge in [-0.1, -0.05) is 26.5 Å². The van der Waals surface area contributed by atoms with Crippen LogP contribution in [0.4, 0.5) is 0 Å². The van der Waals surface area contributed by atoms with E-state index in [0.29, 0.717) is 11.5 Å². The van der Waals surface area contributed by atoms with Crippen molar-refractivity contribution < 1.29 is 10.2 Å². The molecule has 0 aromatic rings. The van der Waals surface area contributed by atoms with Crippen LogP contribution in [-0.2, 0) is 0 Å². The largest absolute Gasteiger partial charge is 0.508 e. The van der Waals surface area contributed by atoms with Gasteiger partial charge in [0.15, 0.2) is 0 Å². The van der Waals surface area contributed by atoms with E-state index in [1.54, 1.807) is 6.08 Å². The van der Waals surface area contributed by atoms with Crippen LogP contribution in [0.3, 0.4) is 0 Å². The molecular weight excluding hydrogens is 188 g/mol. The summed E-state index contributed by atoms with van der Waals surface area (Å²) >= 11 is 0. The van der Waals surface area contributed by atoms with Crippen molar-refractivity contribution in [3.05, 3.63) is 35.1 Å². The zero-order valence-corrected chi connectivity index (χ0v) is 10.2. The first-order chi connectivity index (χ1) is 6.93. The molecule has 0 spiro atoms. The summed E-state index contributed by atoms with van der Waals surface area (Å²) in [6.07, 6.45) is 2.53. The molecule has 0 saturated carbocycles. The summed E-state index contributed by atoms with van der Waals surface area (Å²) in [5.41, 5.74) is 2.33. The minimum Gasteiger partial charge on any atom is -0.508 e. The summed E-state index contributed by atoms with van der Waals surface area (Å²) in [6, 6.07) is 0. The Kier molecular flexibility index (Phi) is 6.02. The van der Waals surface area contributed by atoms with Gasteiger partial charge in [0.2, 0.25) is 0 Å². The molecule has 86 valence electrons. The van der Waals surface area contributed by atoms with Crippen molar-refractivity contribution >= 4 is 0 Å². The maximum atomic E-state index is 9.81. The SMILES string of the molecule is C=C/C(CC(C)C)=C(/CO)C(O)=C(C)C. The third-order valence-corrected chi connectivity index (χ3v) is 2.18. The van der Waals surface area contributed by atoms with Crippen LogP contribution >= 0.6 is 0 Å². The van der Waals surface area contributed by atoms with E-state index >= 15 is 0 Å². The van der Waals surface area contributed by atoms with Crippen LogP contribution in [0, 0.1) is 5.92 Å². The summed E-state index contributed by atoms with van der Waals surface area (Å²) in [5, 5.41) is 19.1. The summed E-state index contributed by atoms with van der Waals surface area (Å²) < 4.78 is 0. The molecule has 0 aliphatic carbocycles. The Balaban J connectivity index is 5.26. The topological polar surface area (TPSA) is 40.5 Å². The fourth-order valence-corrected chi connectivity index (χ4v) is 1.40. The number of hydrogen-bond donors (Lipinski definition) is 2. The highest BCUT2D eigenvalue weighted by Gasteiger charge is 2.10. The van der Waals surface area contributed by atoms with Gasteiger partial charge in [-0.05, 0) is 37.3 Å². The van der Waals surface area contributed by atoms with E-state index in [1.807, 2.05) is 13.8 Å². The highest BCUT2D eigenvalue weighted by Crippen LogP contribution is 2.22. The molecular formula is C13H22O2. The first-order valence-corrected chi connectivity index (χ1v) is 5.26. The van der Waals surface area contributed by atoms with Crippen LogP contribution in [-0.4, -0.2) is 16.8 Å². The Labute approximate surface area is 92.6 Å². The maximum Gasteiger partial charge on any atom is 0.119 e. The molecule has 2 N–H and O–H groups in total. The molecule has 0 heterocycles. The molecule has 0 aromatic heterocycles. The van der Waals surface area contributed by atoms with E-state index in [0.717, 1.165) is 17.6 Å². The van der Waals surface area contributed by atoms with E-state index in [4.69, 9.17) is 0 Å². The molecule has 0 saturated heterocycles. The van der Waals surface area contributed by atoms with E-state index in [9.17, 15) is 10.2 Å². The summed E-state index contributed by atoms with van der Waals surface area (Å²) in [7, 11) is 0. The lowest BCUT2D eigenvalue weighted by Gasteiger charge is -2.13.